The van der Waals surface area contributed by atoms with Crippen molar-refractivity contribution in [3.05, 3.63) is 35.4 Å². The fourth-order valence-electron chi connectivity index (χ4n) is 4.30. The van der Waals surface area contributed by atoms with E-state index in [9.17, 15) is 4.39 Å². The lowest BCUT2D eigenvalue weighted by molar-refractivity contribution is 0.0370. The van der Waals surface area contributed by atoms with E-state index in [2.05, 4.69) is 19.4 Å². The van der Waals surface area contributed by atoms with Crippen LogP contribution in [0.5, 0.6) is 11.6 Å². The average molecular weight is 474 g/mol. The third-order valence-electron chi connectivity index (χ3n) is 6.01. The molecule has 33 heavy (non-hydrogen) atoms. The molecule has 0 aromatic carbocycles. The zero-order chi connectivity index (χ0) is 22.9. The fraction of sp³-hybridized carbons (Fsp3) is 0.391. The van der Waals surface area contributed by atoms with Gasteiger partial charge in [0.25, 0.3) is 5.88 Å². The summed E-state index contributed by atoms with van der Waals surface area (Å²) in [6, 6.07) is 3.74. The summed E-state index contributed by atoms with van der Waals surface area (Å²) in [6.07, 6.45) is 4.14. The lowest BCUT2D eigenvalue weighted by atomic mass is 10.2. The summed E-state index contributed by atoms with van der Waals surface area (Å²) in [5.41, 5.74) is 3.80. The molecule has 0 radical (unpaired) electrons. The number of aryl methyl sites for hydroxylation is 1. The zero-order valence-corrected chi connectivity index (χ0v) is 19.3. The van der Waals surface area contributed by atoms with Crippen molar-refractivity contribution in [2.45, 2.75) is 13.0 Å². The molecule has 1 aliphatic rings. The van der Waals surface area contributed by atoms with Gasteiger partial charge in [0.1, 0.15) is 11.2 Å². The molecular weight excluding hydrogens is 449 g/mol. The average Bonchev–Trinajstić information content (AvgIpc) is 3.43. The van der Waals surface area contributed by atoms with E-state index in [1.54, 1.807) is 20.3 Å². The lowest BCUT2D eigenvalue weighted by Crippen LogP contribution is -2.37. The summed E-state index contributed by atoms with van der Waals surface area (Å²) in [4.78, 5) is 14.5. The second-order valence-electron chi connectivity index (χ2n) is 7.98. The van der Waals surface area contributed by atoms with E-state index >= 15 is 0 Å². The Bertz CT molecular complexity index is 1300. The Morgan fingerprint density at radius 1 is 1.18 bits per heavy atom. The minimum atomic E-state index is -0.551. The fourth-order valence-corrected chi connectivity index (χ4v) is 4.49. The van der Waals surface area contributed by atoms with E-state index in [1.165, 1.54) is 0 Å². The maximum absolute atomic E-state index is 13.9. The van der Waals surface area contributed by atoms with Gasteiger partial charge in [-0.1, -0.05) is 11.6 Å². The van der Waals surface area contributed by atoms with Crippen LogP contribution >= 0.6 is 11.6 Å². The Morgan fingerprint density at radius 2 is 2.00 bits per heavy atom. The highest BCUT2D eigenvalue weighted by molar-refractivity contribution is 6.35. The van der Waals surface area contributed by atoms with Crippen LogP contribution in [-0.2, 0) is 11.3 Å². The Morgan fingerprint density at radius 3 is 2.76 bits per heavy atom. The monoisotopic (exact) mass is 473 g/mol. The number of hydrogen-bond acceptors (Lipinski definition) is 6. The van der Waals surface area contributed by atoms with E-state index in [0.717, 1.165) is 74.3 Å². The van der Waals surface area contributed by atoms with Crippen LogP contribution in [0, 0.1) is 5.82 Å². The molecule has 10 heteroatoms. The van der Waals surface area contributed by atoms with Gasteiger partial charge in [0.2, 0.25) is 0 Å². The number of fused-ring (bicyclic) bond motifs is 2. The highest BCUT2D eigenvalue weighted by Gasteiger charge is 2.20. The maximum Gasteiger partial charge on any atom is 0.257 e. The van der Waals surface area contributed by atoms with Crippen molar-refractivity contribution in [1.29, 1.82) is 0 Å². The summed E-state index contributed by atoms with van der Waals surface area (Å²) in [6.45, 7) is 5.29. The Labute approximate surface area is 195 Å². The van der Waals surface area contributed by atoms with Gasteiger partial charge in [0.05, 0.1) is 49.9 Å². The molecular formula is C23H25ClFN5O3. The Balaban J connectivity index is 1.55. The number of aromatic nitrogens is 4. The number of aromatic amines is 1. The predicted molar refractivity (Wildman–Crippen MR) is 125 cm³/mol. The minimum Gasteiger partial charge on any atom is -0.491 e. The van der Waals surface area contributed by atoms with Crippen LogP contribution in [0.2, 0.25) is 5.02 Å². The smallest absolute Gasteiger partial charge is 0.257 e. The van der Waals surface area contributed by atoms with Gasteiger partial charge in [-0.05, 0) is 12.5 Å². The van der Waals surface area contributed by atoms with Crippen LogP contribution < -0.4 is 9.47 Å². The molecule has 0 aliphatic carbocycles. The first kappa shape index (κ1) is 21.9. The van der Waals surface area contributed by atoms with Crippen LogP contribution in [0.25, 0.3) is 33.3 Å². The van der Waals surface area contributed by atoms with E-state index in [0.29, 0.717) is 22.7 Å². The van der Waals surface area contributed by atoms with Crippen molar-refractivity contribution in [2.24, 2.45) is 0 Å². The largest absolute Gasteiger partial charge is 0.491 e. The Hall–Kier alpha value is -2.88. The first-order valence-corrected chi connectivity index (χ1v) is 11.2. The van der Waals surface area contributed by atoms with Crippen LogP contribution in [0.3, 0.4) is 0 Å². The van der Waals surface area contributed by atoms with E-state index in [4.69, 9.17) is 30.8 Å². The molecule has 0 unspecified atom stereocenters. The van der Waals surface area contributed by atoms with Gasteiger partial charge in [0.15, 0.2) is 11.6 Å². The topological polar surface area (TPSA) is 77.4 Å². The number of methoxy groups -OCH3 is 2. The third kappa shape index (κ3) is 4.12. The molecule has 8 nitrogen and oxygen atoms in total. The molecule has 0 spiro atoms. The lowest BCUT2D eigenvalue weighted by Gasteiger charge is -2.26. The van der Waals surface area contributed by atoms with Crippen LogP contribution in [0.4, 0.5) is 4.39 Å². The van der Waals surface area contributed by atoms with Gasteiger partial charge in [-0.3, -0.25) is 4.90 Å². The second kappa shape index (κ2) is 9.17. The molecule has 1 fully saturated rings. The first-order chi connectivity index (χ1) is 16.1. The molecule has 4 aromatic rings. The summed E-state index contributed by atoms with van der Waals surface area (Å²) >= 11 is 6.17. The molecule has 4 aromatic heterocycles. The third-order valence-corrected chi connectivity index (χ3v) is 6.40. The van der Waals surface area contributed by atoms with Gasteiger partial charge in [-0.25, -0.2) is 14.4 Å². The van der Waals surface area contributed by atoms with Crippen LogP contribution in [-0.4, -0.2) is 71.5 Å². The number of nitrogens with zero attached hydrogens (tertiary/aromatic N) is 4. The van der Waals surface area contributed by atoms with Gasteiger partial charge < -0.3 is 23.8 Å². The number of rotatable bonds is 7. The maximum atomic E-state index is 13.9. The molecule has 1 N–H and O–H groups in total. The van der Waals surface area contributed by atoms with Gasteiger partial charge >= 0.3 is 0 Å². The Kier molecular flexibility index (Phi) is 6.09. The molecule has 5 rings (SSSR count). The van der Waals surface area contributed by atoms with Crippen molar-refractivity contribution in [3.8, 4) is 22.9 Å². The SMILES string of the molecule is COc1cc2c(nc1OC)c(-c1cc3c(Cl)c(F)cnc3[nH]1)cn2CCCN1CCOCC1. The van der Waals surface area contributed by atoms with Crippen LogP contribution in [0.15, 0.2) is 24.5 Å². The van der Waals surface area contributed by atoms with Gasteiger partial charge in [-0.2, -0.15) is 0 Å². The summed E-state index contributed by atoms with van der Waals surface area (Å²) in [5.74, 6) is 0.410. The molecule has 5 heterocycles. The van der Waals surface area contributed by atoms with Crippen molar-refractivity contribution < 1.29 is 18.6 Å². The summed E-state index contributed by atoms with van der Waals surface area (Å²) in [5, 5.41) is 0.573. The van der Waals surface area contributed by atoms with Crippen LogP contribution in [0.1, 0.15) is 6.42 Å². The van der Waals surface area contributed by atoms with Crippen molar-refractivity contribution in [2.75, 3.05) is 47.1 Å². The quantitative estimate of drug-likeness (QED) is 0.435. The number of nitrogens with one attached hydrogen (secondary N) is 1. The molecule has 0 saturated carbocycles. The normalized spacial score (nSPS) is 14.9. The second-order valence-corrected chi connectivity index (χ2v) is 8.35. The predicted octanol–water partition coefficient (Wildman–Crippen LogP) is 4.11. The first-order valence-electron chi connectivity index (χ1n) is 10.8. The van der Waals surface area contributed by atoms with E-state index < -0.39 is 5.82 Å². The molecule has 0 bridgehead atoms. The zero-order valence-electron chi connectivity index (χ0n) is 18.5. The number of pyridine rings is 2. The molecule has 1 saturated heterocycles. The number of hydrogen-bond donors (Lipinski definition) is 1. The highest BCUT2D eigenvalue weighted by atomic mass is 35.5. The number of H-pyrrole nitrogens is 1. The molecule has 1 aliphatic heterocycles. The summed E-state index contributed by atoms with van der Waals surface area (Å²) < 4.78 is 32.5. The number of morpholine rings is 1. The van der Waals surface area contributed by atoms with Gasteiger partial charge in [-0.15, -0.1) is 0 Å². The highest BCUT2D eigenvalue weighted by Crippen LogP contribution is 2.37. The standard InChI is InChI=1S/C23H25ClFN5O3/c1-31-19-11-18-21(28-23(19)32-2)15(13-30(18)5-3-4-29-6-8-33-9-7-29)17-10-14-20(24)16(25)12-26-22(14)27-17/h10-13H,3-9H2,1-2H3,(H,26,27). The molecule has 174 valence electrons. The number of ether oxygens (including phenoxy) is 3. The number of halogens is 2. The van der Waals surface area contributed by atoms with E-state index in [1.807, 2.05) is 12.3 Å². The van der Waals surface area contributed by atoms with E-state index in [-0.39, 0.29) is 5.02 Å². The summed E-state index contributed by atoms with van der Waals surface area (Å²) in [7, 11) is 3.16. The molecule has 0 amide bonds. The van der Waals surface area contributed by atoms with Crippen molar-refractivity contribution in [3.63, 3.8) is 0 Å². The van der Waals surface area contributed by atoms with Crippen molar-refractivity contribution >= 4 is 33.7 Å². The molecule has 0 atom stereocenters. The van der Waals surface area contributed by atoms with Crippen molar-refractivity contribution in [1.82, 2.24) is 24.4 Å². The van der Waals surface area contributed by atoms with Gasteiger partial charge in [0, 0.05) is 49.4 Å². The minimum absolute atomic E-state index is 0.0453.